The molecule has 0 spiro atoms. The van der Waals surface area contributed by atoms with Crippen LogP contribution >= 0.6 is 0 Å². The molecule has 1 amide bonds. The highest BCUT2D eigenvalue weighted by molar-refractivity contribution is 6.07. The van der Waals surface area contributed by atoms with E-state index in [4.69, 9.17) is 14.2 Å². The van der Waals surface area contributed by atoms with Crippen LogP contribution in [0.25, 0.3) is 22.0 Å². The summed E-state index contributed by atoms with van der Waals surface area (Å²) in [6.45, 7) is 0.135. The number of aryl methyl sites for hydroxylation is 1. The number of nitrogens with one attached hydrogen (secondary N) is 1. The van der Waals surface area contributed by atoms with Gasteiger partial charge >= 0.3 is 0 Å². The van der Waals surface area contributed by atoms with Crippen LogP contribution in [-0.2, 0) is 7.05 Å². The number of ether oxygens (including phenoxy) is 3. The van der Waals surface area contributed by atoms with E-state index in [0.29, 0.717) is 50.7 Å². The lowest BCUT2D eigenvalue weighted by molar-refractivity contribution is 0.102. The standard InChI is InChI=1S/C25H20N2O5/c1-27-19-6-4-3-5-18(19)23(28)22(16-9-12-20-21(13-16)32-14-31-20)24(27)26-25(29)15-7-10-17(30-2)11-8-15/h3-13H,14H2,1-2H3,(H,26,29). The largest absolute Gasteiger partial charge is 0.497 e. The van der Waals surface area contributed by atoms with Crippen molar-refractivity contribution in [2.24, 2.45) is 7.05 Å². The maximum Gasteiger partial charge on any atom is 0.256 e. The molecular weight excluding hydrogens is 408 g/mol. The first-order chi connectivity index (χ1) is 15.6. The van der Waals surface area contributed by atoms with E-state index in [0.717, 1.165) is 0 Å². The Labute approximate surface area is 183 Å². The predicted octanol–water partition coefficient (Wildman–Crippen LogP) is 4.20. The van der Waals surface area contributed by atoms with Gasteiger partial charge in [0.25, 0.3) is 5.91 Å². The van der Waals surface area contributed by atoms with E-state index in [1.165, 1.54) is 0 Å². The van der Waals surface area contributed by atoms with Crippen molar-refractivity contribution in [2.75, 3.05) is 19.2 Å². The zero-order valence-electron chi connectivity index (χ0n) is 17.5. The van der Waals surface area contributed by atoms with E-state index in [2.05, 4.69) is 5.32 Å². The highest BCUT2D eigenvalue weighted by Crippen LogP contribution is 2.37. The molecular formula is C25H20N2O5. The first-order valence-corrected chi connectivity index (χ1v) is 10.0. The molecule has 0 fully saturated rings. The SMILES string of the molecule is COc1ccc(C(=O)Nc2c(-c3ccc4c(c3)OCO4)c(=O)c3ccccc3n2C)cc1. The Kier molecular flexibility index (Phi) is 4.78. The maximum atomic E-state index is 13.6. The van der Waals surface area contributed by atoms with Crippen molar-refractivity contribution < 1.29 is 19.0 Å². The smallest absolute Gasteiger partial charge is 0.256 e. The number of carbonyl (C=O) groups excluding carboxylic acids is 1. The Morgan fingerprint density at radius 1 is 1.00 bits per heavy atom. The first-order valence-electron chi connectivity index (χ1n) is 10.0. The van der Waals surface area contributed by atoms with Crippen LogP contribution in [0.1, 0.15) is 10.4 Å². The Hall–Kier alpha value is -4.26. The van der Waals surface area contributed by atoms with Gasteiger partial charge in [-0.05, 0) is 54.1 Å². The van der Waals surface area contributed by atoms with Gasteiger partial charge in [-0.15, -0.1) is 0 Å². The normalized spacial score (nSPS) is 12.1. The zero-order chi connectivity index (χ0) is 22.2. The predicted molar refractivity (Wildman–Crippen MR) is 122 cm³/mol. The molecule has 0 saturated heterocycles. The van der Waals surface area contributed by atoms with Crippen molar-refractivity contribution in [3.63, 3.8) is 0 Å². The van der Waals surface area contributed by atoms with Crippen LogP contribution in [0.4, 0.5) is 5.82 Å². The van der Waals surface area contributed by atoms with Gasteiger partial charge in [0.15, 0.2) is 16.9 Å². The molecule has 7 nitrogen and oxygen atoms in total. The summed E-state index contributed by atoms with van der Waals surface area (Å²) in [5.41, 5.74) is 2.00. The average Bonchev–Trinajstić information content (AvgIpc) is 3.30. The fourth-order valence-electron chi connectivity index (χ4n) is 3.88. The summed E-state index contributed by atoms with van der Waals surface area (Å²) in [7, 11) is 3.39. The molecule has 1 aliphatic rings. The van der Waals surface area contributed by atoms with Gasteiger partial charge in [-0.1, -0.05) is 18.2 Å². The number of nitrogens with zero attached hydrogens (tertiary/aromatic N) is 1. The number of benzene rings is 3. The summed E-state index contributed by atoms with van der Waals surface area (Å²) >= 11 is 0. The molecule has 0 bridgehead atoms. The number of pyridine rings is 1. The highest BCUT2D eigenvalue weighted by atomic mass is 16.7. The fourth-order valence-corrected chi connectivity index (χ4v) is 3.88. The van der Waals surface area contributed by atoms with E-state index in [9.17, 15) is 9.59 Å². The number of hydrogen-bond acceptors (Lipinski definition) is 5. The molecule has 0 aliphatic carbocycles. The number of para-hydroxylation sites is 1. The van der Waals surface area contributed by atoms with Crippen molar-refractivity contribution in [3.05, 3.63) is 82.5 Å². The third kappa shape index (κ3) is 3.24. The van der Waals surface area contributed by atoms with Gasteiger partial charge in [0.1, 0.15) is 11.6 Å². The molecule has 1 aliphatic heterocycles. The van der Waals surface area contributed by atoms with E-state index in [1.807, 2.05) is 29.8 Å². The summed E-state index contributed by atoms with van der Waals surface area (Å²) in [5.74, 6) is 1.90. The van der Waals surface area contributed by atoms with Gasteiger partial charge in [-0.25, -0.2) is 0 Å². The van der Waals surface area contributed by atoms with Crippen LogP contribution in [0.2, 0.25) is 0 Å². The van der Waals surface area contributed by atoms with E-state index in [1.54, 1.807) is 55.6 Å². The van der Waals surface area contributed by atoms with Crippen LogP contribution in [0.5, 0.6) is 17.2 Å². The monoisotopic (exact) mass is 428 g/mol. The number of methoxy groups -OCH3 is 1. The van der Waals surface area contributed by atoms with Crippen molar-refractivity contribution in [2.45, 2.75) is 0 Å². The Balaban J connectivity index is 1.68. The lowest BCUT2D eigenvalue weighted by atomic mass is 10.0. The molecule has 0 radical (unpaired) electrons. The van der Waals surface area contributed by atoms with Gasteiger partial charge in [0.2, 0.25) is 6.79 Å². The number of hydrogen-bond donors (Lipinski definition) is 1. The average molecular weight is 428 g/mol. The lowest BCUT2D eigenvalue weighted by Gasteiger charge is -2.18. The van der Waals surface area contributed by atoms with Gasteiger partial charge in [0.05, 0.1) is 18.2 Å². The molecule has 160 valence electrons. The topological polar surface area (TPSA) is 78.8 Å². The van der Waals surface area contributed by atoms with Crippen molar-refractivity contribution in [1.82, 2.24) is 4.57 Å². The summed E-state index contributed by atoms with van der Waals surface area (Å²) < 4.78 is 17.9. The van der Waals surface area contributed by atoms with Crippen LogP contribution < -0.4 is 25.0 Å². The third-order valence-corrected chi connectivity index (χ3v) is 5.55. The number of anilines is 1. The molecule has 0 saturated carbocycles. The molecule has 3 aromatic carbocycles. The molecule has 7 heteroatoms. The van der Waals surface area contributed by atoms with Crippen LogP contribution in [0, 0.1) is 0 Å². The van der Waals surface area contributed by atoms with Crippen LogP contribution in [-0.4, -0.2) is 24.4 Å². The van der Waals surface area contributed by atoms with Crippen LogP contribution in [0.15, 0.2) is 71.5 Å². The summed E-state index contributed by atoms with van der Waals surface area (Å²) in [5, 5.41) is 3.50. The lowest BCUT2D eigenvalue weighted by Crippen LogP contribution is -2.21. The minimum Gasteiger partial charge on any atom is -0.497 e. The second kappa shape index (κ2) is 7.77. The van der Waals surface area contributed by atoms with E-state index >= 15 is 0 Å². The van der Waals surface area contributed by atoms with Crippen molar-refractivity contribution in [3.8, 4) is 28.4 Å². The fraction of sp³-hybridized carbons (Fsp3) is 0.120. The molecule has 1 aromatic heterocycles. The highest BCUT2D eigenvalue weighted by Gasteiger charge is 2.22. The van der Waals surface area contributed by atoms with Crippen molar-refractivity contribution in [1.29, 1.82) is 0 Å². The van der Waals surface area contributed by atoms with E-state index in [-0.39, 0.29) is 18.1 Å². The Bertz CT molecular complexity index is 1410. The molecule has 1 N–H and O–H groups in total. The Morgan fingerprint density at radius 2 is 1.75 bits per heavy atom. The van der Waals surface area contributed by atoms with Gasteiger partial charge in [0, 0.05) is 18.0 Å². The third-order valence-electron chi connectivity index (χ3n) is 5.55. The molecule has 0 unspecified atom stereocenters. The molecule has 0 atom stereocenters. The Morgan fingerprint density at radius 3 is 2.53 bits per heavy atom. The van der Waals surface area contributed by atoms with Gasteiger partial charge < -0.3 is 24.1 Å². The summed E-state index contributed by atoms with van der Waals surface area (Å²) in [6, 6.07) is 19.4. The molecule has 5 rings (SSSR count). The number of amides is 1. The first kappa shape index (κ1) is 19.7. The summed E-state index contributed by atoms with van der Waals surface area (Å²) in [6.07, 6.45) is 0. The molecule has 32 heavy (non-hydrogen) atoms. The second-order valence-corrected chi connectivity index (χ2v) is 7.38. The van der Waals surface area contributed by atoms with Crippen LogP contribution in [0.3, 0.4) is 0 Å². The minimum absolute atomic E-state index is 0.135. The second-order valence-electron chi connectivity index (χ2n) is 7.38. The summed E-state index contributed by atoms with van der Waals surface area (Å²) in [4.78, 5) is 26.6. The van der Waals surface area contributed by atoms with Gasteiger partial charge in [-0.3, -0.25) is 9.59 Å². The number of fused-ring (bicyclic) bond motifs is 2. The minimum atomic E-state index is -0.333. The maximum absolute atomic E-state index is 13.6. The van der Waals surface area contributed by atoms with Crippen molar-refractivity contribution >= 4 is 22.6 Å². The molecule has 4 aromatic rings. The molecule has 2 heterocycles. The quantitative estimate of drug-likeness (QED) is 0.527. The zero-order valence-corrected chi connectivity index (χ0v) is 17.5. The number of rotatable bonds is 4. The van der Waals surface area contributed by atoms with Gasteiger partial charge in [-0.2, -0.15) is 0 Å². The van der Waals surface area contributed by atoms with E-state index < -0.39 is 0 Å². The number of carbonyl (C=O) groups is 1. The number of aromatic nitrogens is 1.